The first-order chi connectivity index (χ1) is 10.9. The molecule has 0 spiro atoms. The van der Waals surface area contributed by atoms with Crippen LogP contribution in [0.3, 0.4) is 0 Å². The van der Waals surface area contributed by atoms with Gasteiger partial charge in [0.1, 0.15) is 0 Å². The number of nitrogens with zero attached hydrogens (tertiary/aromatic N) is 4. The van der Waals surface area contributed by atoms with Crippen LogP contribution in [-0.2, 0) is 4.79 Å². The van der Waals surface area contributed by atoms with E-state index in [1.807, 2.05) is 4.90 Å². The Morgan fingerprint density at radius 2 is 2.00 bits per heavy atom. The predicted molar refractivity (Wildman–Crippen MR) is 93.3 cm³/mol. The third-order valence-electron chi connectivity index (χ3n) is 3.94. The highest BCUT2D eigenvalue weighted by Crippen LogP contribution is 2.26. The second kappa shape index (κ2) is 6.87. The molecule has 0 radical (unpaired) electrons. The molecule has 0 aliphatic carbocycles. The molecule has 0 bridgehead atoms. The van der Waals surface area contributed by atoms with Crippen molar-refractivity contribution in [2.45, 2.75) is 25.4 Å². The van der Waals surface area contributed by atoms with Crippen molar-refractivity contribution in [2.24, 2.45) is 11.8 Å². The van der Waals surface area contributed by atoms with Crippen LogP contribution in [0.5, 0.6) is 0 Å². The third-order valence-corrected chi connectivity index (χ3v) is 5.35. The quantitative estimate of drug-likeness (QED) is 0.771. The molecule has 1 fully saturated rings. The normalized spacial score (nSPS) is 21.8. The number of pyridine rings is 1. The van der Waals surface area contributed by atoms with Gasteiger partial charge in [0, 0.05) is 19.3 Å². The van der Waals surface area contributed by atoms with Gasteiger partial charge in [-0.15, -0.1) is 10.2 Å². The molecule has 1 saturated heterocycles. The van der Waals surface area contributed by atoms with Crippen LogP contribution in [0.2, 0.25) is 10.0 Å². The number of hydrogen-bond donors (Lipinski definition) is 0. The molecule has 3 rings (SSSR count). The van der Waals surface area contributed by atoms with E-state index in [-0.39, 0.29) is 5.91 Å². The summed E-state index contributed by atoms with van der Waals surface area (Å²) in [5.74, 6) is 1.58. The second-order valence-corrected chi connectivity index (χ2v) is 8.00. The summed E-state index contributed by atoms with van der Waals surface area (Å²) in [5.41, 5.74) is 0.547. The number of likely N-dealkylation sites (tertiary alicyclic amines) is 1. The molecular formula is C15H18Cl2N4OS. The number of thioether (sulfide) groups is 1. The lowest BCUT2D eigenvalue weighted by atomic mass is 9.92. The van der Waals surface area contributed by atoms with Gasteiger partial charge in [0.2, 0.25) is 5.91 Å². The average Bonchev–Trinajstić information content (AvgIpc) is 2.87. The minimum atomic E-state index is 0.137. The zero-order valence-electron chi connectivity index (χ0n) is 13.0. The largest absolute Gasteiger partial charge is 0.341 e. The van der Waals surface area contributed by atoms with E-state index in [9.17, 15) is 4.79 Å². The Balaban J connectivity index is 1.70. The van der Waals surface area contributed by atoms with E-state index in [1.165, 1.54) is 18.2 Å². The average molecular weight is 373 g/mol. The first-order valence-corrected chi connectivity index (χ1v) is 9.28. The summed E-state index contributed by atoms with van der Waals surface area (Å²) in [4.78, 5) is 14.4. The number of carbonyl (C=O) groups is 1. The van der Waals surface area contributed by atoms with Gasteiger partial charge in [-0.3, -0.25) is 9.20 Å². The molecule has 23 heavy (non-hydrogen) atoms. The van der Waals surface area contributed by atoms with Crippen LogP contribution in [0.25, 0.3) is 5.65 Å². The Hall–Kier alpha value is -0.980. The van der Waals surface area contributed by atoms with Crippen molar-refractivity contribution in [3.8, 4) is 0 Å². The fourth-order valence-corrected chi connectivity index (χ4v) is 4.41. The SMILES string of the molecule is CC1CC(C)CN(C(=O)CSc2nnc3c(Cl)cc(Cl)cn23)C1. The monoisotopic (exact) mass is 372 g/mol. The highest BCUT2D eigenvalue weighted by molar-refractivity contribution is 7.99. The molecule has 8 heteroatoms. The van der Waals surface area contributed by atoms with Crippen molar-refractivity contribution in [1.82, 2.24) is 19.5 Å². The highest BCUT2D eigenvalue weighted by atomic mass is 35.5. The summed E-state index contributed by atoms with van der Waals surface area (Å²) < 4.78 is 1.73. The van der Waals surface area contributed by atoms with Crippen molar-refractivity contribution in [2.75, 3.05) is 18.8 Å². The lowest BCUT2D eigenvalue weighted by Crippen LogP contribution is -2.43. The van der Waals surface area contributed by atoms with Gasteiger partial charge in [0.15, 0.2) is 10.8 Å². The van der Waals surface area contributed by atoms with Gasteiger partial charge in [0.05, 0.1) is 15.8 Å². The summed E-state index contributed by atoms with van der Waals surface area (Å²) in [6.07, 6.45) is 2.89. The molecule has 2 atom stereocenters. The van der Waals surface area contributed by atoms with Gasteiger partial charge in [-0.05, 0) is 24.3 Å². The highest BCUT2D eigenvalue weighted by Gasteiger charge is 2.25. The minimum absolute atomic E-state index is 0.137. The fraction of sp³-hybridized carbons (Fsp3) is 0.533. The van der Waals surface area contributed by atoms with E-state index >= 15 is 0 Å². The van der Waals surface area contributed by atoms with Gasteiger partial charge >= 0.3 is 0 Å². The van der Waals surface area contributed by atoms with Gasteiger partial charge < -0.3 is 4.90 Å². The van der Waals surface area contributed by atoms with Gasteiger partial charge in [-0.2, -0.15) is 0 Å². The van der Waals surface area contributed by atoms with E-state index in [1.54, 1.807) is 16.7 Å². The summed E-state index contributed by atoms with van der Waals surface area (Å²) in [6, 6.07) is 1.63. The number of halogens is 2. The van der Waals surface area contributed by atoms with Crippen LogP contribution < -0.4 is 0 Å². The number of amides is 1. The third kappa shape index (κ3) is 3.75. The number of rotatable bonds is 3. The zero-order valence-corrected chi connectivity index (χ0v) is 15.3. The molecule has 2 aromatic heterocycles. The lowest BCUT2D eigenvalue weighted by molar-refractivity contribution is -0.130. The standard InChI is InChI=1S/C15H18Cl2N4OS/c1-9-3-10(2)6-20(5-9)13(22)8-23-15-19-18-14-12(17)4-11(16)7-21(14)15/h4,7,9-10H,3,5-6,8H2,1-2H3. The maximum absolute atomic E-state index is 12.4. The lowest BCUT2D eigenvalue weighted by Gasteiger charge is -2.34. The Bertz CT molecular complexity index is 726. The van der Waals surface area contributed by atoms with Crippen LogP contribution in [0, 0.1) is 11.8 Å². The van der Waals surface area contributed by atoms with Crippen LogP contribution in [0.15, 0.2) is 17.4 Å². The Morgan fingerprint density at radius 3 is 2.70 bits per heavy atom. The fourth-order valence-electron chi connectivity index (χ4n) is 3.09. The number of piperidine rings is 1. The first kappa shape index (κ1) is 16.9. The predicted octanol–water partition coefficient (Wildman–Crippen LogP) is 3.63. The number of aromatic nitrogens is 3. The molecule has 2 aromatic rings. The van der Waals surface area contributed by atoms with Crippen molar-refractivity contribution >= 4 is 46.5 Å². The molecular weight excluding hydrogens is 355 g/mol. The maximum Gasteiger partial charge on any atom is 0.233 e. The van der Waals surface area contributed by atoms with Gasteiger partial charge in [-0.25, -0.2) is 0 Å². The molecule has 1 aliphatic rings. The van der Waals surface area contributed by atoms with Gasteiger partial charge in [0.25, 0.3) is 0 Å². The van der Waals surface area contributed by atoms with E-state index < -0.39 is 0 Å². The van der Waals surface area contributed by atoms with Crippen LogP contribution in [0.4, 0.5) is 0 Å². The topological polar surface area (TPSA) is 50.5 Å². The van der Waals surface area contributed by atoms with E-state index in [0.717, 1.165) is 13.1 Å². The van der Waals surface area contributed by atoms with E-state index in [2.05, 4.69) is 24.0 Å². The van der Waals surface area contributed by atoms with E-state index in [0.29, 0.717) is 38.4 Å². The molecule has 1 amide bonds. The first-order valence-electron chi connectivity index (χ1n) is 7.54. The molecule has 1 aliphatic heterocycles. The van der Waals surface area contributed by atoms with Crippen molar-refractivity contribution in [3.63, 3.8) is 0 Å². The molecule has 0 saturated carbocycles. The molecule has 0 aromatic carbocycles. The smallest absolute Gasteiger partial charge is 0.233 e. The number of hydrogen-bond acceptors (Lipinski definition) is 4. The molecule has 2 unspecified atom stereocenters. The van der Waals surface area contributed by atoms with Crippen LogP contribution >= 0.6 is 35.0 Å². The Labute approximate surface area is 149 Å². The zero-order chi connectivity index (χ0) is 16.6. The number of carbonyl (C=O) groups excluding carboxylic acids is 1. The summed E-state index contributed by atoms with van der Waals surface area (Å²) in [5, 5.41) is 9.73. The van der Waals surface area contributed by atoms with Crippen LogP contribution in [-0.4, -0.2) is 44.2 Å². The second-order valence-electron chi connectivity index (χ2n) is 6.22. The van der Waals surface area contributed by atoms with Crippen molar-refractivity contribution in [3.05, 3.63) is 22.3 Å². The Morgan fingerprint density at radius 1 is 1.30 bits per heavy atom. The molecule has 0 N–H and O–H groups in total. The summed E-state index contributed by atoms with van der Waals surface area (Å²) in [6.45, 7) is 6.06. The van der Waals surface area contributed by atoms with Gasteiger partial charge in [-0.1, -0.05) is 48.8 Å². The summed E-state index contributed by atoms with van der Waals surface area (Å²) in [7, 11) is 0. The molecule has 5 nitrogen and oxygen atoms in total. The van der Waals surface area contributed by atoms with Crippen LogP contribution in [0.1, 0.15) is 20.3 Å². The number of fused-ring (bicyclic) bond motifs is 1. The van der Waals surface area contributed by atoms with E-state index in [4.69, 9.17) is 23.2 Å². The summed E-state index contributed by atoms with van der Waals surface area (Å²) >= 11 is 13.5. The van der Waals surface area contributed by atoms with Crippen molar-refractivity contribution in [1.29, 1.82) is 0 Å². The van der Waals surface area contributed by atoms with Crippen molar-refractivity contribution < 1.29 is 4.79 Å². The molecule has 3 heterocycles. The molecule has 124 valence electrons. The Kier molecular flexibility index (Phi) is 5.04. The minimum Gasteiger partial charge on any atom is -0.341 e. The maximum atomic E-state index is 12.4.